The predicted molar refractivity (Wildman–Crippen MR) is 84.6 cm³/mol. The zero-order chi connectivity index (χ0) is 18.7. The Hall–Kier alpha value is -2.42. The fraction of sp³-hybridized carbons (Fsp3) is 0.412. The number of hydrogen-bond acceptors (Lipinski definition) is 4. The van der Waals surface area contributed by atoms with Gasteiger partial charge in [-0.05, 0) is 24.3 Å². The van der Waals surface area contributed by atoms with Crippen LogP contribution in [-0.4, -0.2) is 48.1 Å². The van der Waals surface area contributed by atoms with Crippen LogP contribution in [0, 0.1) is 11.7 Å². The number of benzene rings is 1. The van der Waals surface area contributed by atoms with Crippen LogP contribution in [0.3, 0.4) is 0 Å². The Balaban J connectivity index is 1.40. The van der Waals surface area contributed by atoms with E-state index in [1.165, 1.54) is 23.3 Å². The van der Waals surface area contributed by atoms with Gasteiger partial charge in [-0.2, -0.15) is 13.2 Å². The van der Waals surface area contributed by atoms with Gasteiger partial charge in [-0.1, -0.05) is 0 Å². The Morgan fingerprint density at radius 2 is 1.96 bits per heavy atom. The molecule has 1 N–H and O–H groups in total. The van der Waals surface area contributed by atoms with E-state index >= 15 is 0 Å². The van der Waals surface area contributed by atoms with Crippen LogP contribution < -0.4 is 5.32 Å². The highest BCUT2D eigenvalue weighted by molar-refractivity contribution is 5.80. The number of amides is 1. The molecule has 1 amide bonds. The number of oxazole rings is 1. The quantitative estimate of drug-likeness (QED) is 0.794. The van der Waals surface area contributed by atoms with Crippen molar-refractivity contribution in [1.82, 2.24) is 15.2 Å². The third-order valence-corrected chi connectivity index (χ3v) is 4.05. The largest absolute Gasteiger partial charge is 0.444 e. The van der Waals surface area contributed by atoms with Crippen LogP contribution in [0.5, 0.6) is 0 Å². The number of alkyl halides is 3. The van der Waals surface area contributed by atoms with Crippen LogP contribution in [0.1, 0.15) is 5.69 Å². The lowest BCUT2D eigenvalue weighted by atomic mass is 9.99. The minimum atomic E-state index is -4.24. The summed E-state index contributed by atoms with van der Waals surface area (Å²) < 4.78 is 54.9. The maximum absolute atomic E-state index is 12.9. The summed E-state index contributed by atoms with van der Waals surface area (Å²) in [4.78, 5) is 17.3. The van der Waals surface area contributed by atoms with Gasteiger partial charge in [0, 0.05) is 31.6 Å². The van der Waals surface area contributed by atoms with Gasteiger partial charge in [0.1, 0.15) is 12.1 Å². The molecule has 0 radical (unpaired) electrons. The van der Waals surface area contributed by atoms with E-state index < -0.39 is 18.6 Å². The Kier molecular flexibility index (Phi) is 5.26. The van der Waals surface area contributed by atoms with Crippen molar-refractivity contribution in [2.45, 2.75) is 12.6 Å². The van der Waals surface area contributed by atoms with Crippen LogP contribution in [0.25, 0.3) is 11.5 Å². The molecule has 9 heteroatoms. The molecule has 5 nitrogen and oxygen atoms in total. The molecule has 0 aliphatic carbocycles. The van der Waals surface area contributed by atoms with Gasteiger partial charge in [-0.15, -0.1) is 0 Å². The van der Waals surface area contributed by atoms with E-state index in [1.54, 1.807) is 12.1 Å². The summed E-state index contributed by atoms with van der Waals surface area (Å²) in [6, 6.07) is 5.71. The molecule has 1 aromatic heterocycles. The number of likely N-dealkylation sites (tertiary alicyclic amines) is 1. The third kappa shape index (κ3) is 4.81. The number of hydrogen-bond donors (Lipinski definition) is 1. The SMILES string of the molecule is O=C(NCCc1coc(-c2ccc(F)cc2)n1)C1CN(CC(F)(F)F)C1. The Morgan fingerprint density at radius 1 is 1.27 bits per heavy atom. The molecular weight excluding hydrogens is 354 g/mol. The second-order valence-corrected chi connectivity index (χ2v) is 6.20. The monoisotopic (exact) mass is 371 g/mol. The normalized spacial score (nSPS) is 15.7. The van der Waals surface area contributed by atoms with Crippen LogP contribution in [0.15, 0.2) is 34.9 Å². The molecule has 2 aromatic rings. The molecule has 0 bridgehead atoms. The molecule has 1 aliphatic heterocycles. The Bertz CT molecular complexity index is 752. The summed E-state index contributed by atoms with van der Waals surface area (Å²) in [6.45, 7) is -0.445. The fourth-order valence-electron chi connectivity index (χ4n) is 2.72. The van der Waals surface area contributed by atoms with Gasteiger partial charge in [0.2, 0.25) is 11.8 Å². The molecule has 140 valence electrons. The second-order valence-electron chi connectivity index (χ2n) is 6.20. The molecule has 26 heavy (non-hydrogen) atoms. The zero-order valence-electron chi connectivity index (χ0n) is 13.7. The average molecular weight is 371 g/mol. The highest BCUT2D eigenvalue weighted by Gasteiger charge is 2.39. The van der Waals surface area contributed by atoms with Gasteiger partial charge >= 0.3 is 6.18 Å². The average Bonchev–Trinajstić information content (AvgIpc) is 2.99. The van der Waals surface area contributed by atoms with E-state index in [4.69, 9.17) is 4.42 Å². The number of carbonyl (C=O) groups excluding carboxylic acids is 1. The van der Waals surface area contributed by atoms with Crippen molar-refractivity contribution < 1.29 is 26.8 Å². The molecular formula is C17H17F4N3O2. The predicted octanol–water partition coefficient (Wildman–Crippen LogP) is 2.63. The maximum atomic E-state index is 12.9. The lowest BCUT2D eigenvalue weighted by molar-refractivity contribution is -0.163. The Morgan fingerprint density at radius 3 is 2.62 bits per heavy atom. The van der Waals surface area contributed by atoms with Crippen LogP contribution in [0.2, 0.25) is 0 Å². The van der Waals surface area contributed by atoms with Crippen molar-refractivity contribution in [3.63, 3.8) is 0 Å². The molecule has 3 rings (SSSR count). The highest BCUT2D eigenvalue weighted by atomic mass is 19.4. The van der Waals surface area contributed by atoms with E-state index in [9.17, 15) is 22.4 Å². The smallest absolute Gasteiger partial charge is 0.401 e. The number of halogens is 4. The van der Waals surface area contributed by atoms with Crippen LogP contribution in [-0.2, 0) is 11.2 Å². The summed E-state index contributed by atoms with van der Waals surface area (Å²) in [7, 11) is 0. The van der Waals surface area contributed by atoms with Gasteiger partial charge in [0.05, 0.1) is 18.2 Å². The minimum Gasteiger partial charge on any atom is -0.444 e. The standard InChI is InChI=1S/C17H17F4N3O2/c18-13-3-1-11(2-4-13)16-23-14(9-26-16)5-6-22-15(25)12-7-24(8-12)10-17(19,20)21/h1-4,9,12H,5-8,10H2,(H,22,25). The van der Waals surface area contributed by atoms with Gasteiger partial charge < -0.3 is 9.73 Å². The molecule has 0 spiro atoms. The highest BCUT2D eigenvalue weighted by Crippen LogP contribution is 2.23. The van der Waals surface area contributed by atoms with Crippen molar-refractivity contribution in [3.05, 3.63) is 42.0 Å². The van der Waals surface area contributed by atoms with Gasteiger partial charge in [-0.3, -0.25) is 9.69 Å². The number of nitrogens with one attached hydrogen (secondary N) is 1. The van der Waals surface area contributed by atoms with Crippen molar-refractivity contribution in [1.29, 1.82) is 0 Å². The first-order chi connectivity index (χ1) is 12.3. The topological polar surface area (TPSA) is 58.4 Å². The molecule has 2 heterocycles. The molecule has 1 aromatic carbocycles. The first-order valence-corrected chi connectivity index (χ1v) is 8.07. The van der Waals surface area contributed by atoms with E-state index in [1.807, 2.05) is 0 Å². The minimum absolute atomic E-state index is 0.115. The second kappa shape index (κ2) is 7.45. The number of nitrogens with zero attached hydrogens (tertiary/aromatic N) is 2. The van der Waals surface area contributed by atoms with Crippen molar-refractivity contribution in [3.8, 4) is 11.5 Å². The fourth-order valence-corrected chi connectivity index (χ4v) is 2.72. The molecule has 0 atom stereocenters. The maximum Gasteiger partial charge on any atom is 0.401 e. The molecule has 1 aliphatic rings. The molecule has 1 saturated heterocycles. The lowest BCUT2D eigenvalue weighted by Crippen LogP contribution is -2.56. The van der Waals surface area contributed by atoms with E-state index in [0.717, 1.165) is 0 Å². The van der Waals surface area contributed by atoms with E-state index in [2.05, 4.69) is 10.3 Å². The van der Waals surface area contributed by atoms with Crippen molar-refractivity contribution in [2.75, 3.05) is 26.2 Å². The zero-order valence-corrected chi connectivity index (χ0v) is 13.7. The van der Waals surface area contributed by atoms with Crippen LogP contribution >= 0.6 is 0 Å². The van der Waals surface area contributed by atoms with Gasteiger partial charge in [0.15, 0.2) is 0 Å². The summed E-state index contributed by atoms with van der Waals surface area (Å²) in [5.41, 5.74) is 1.26. The summed E-state index contributed by atoms with van der Waals surface area (Å²) >= 11 is 0. The molecule has 0 unspecified atom stereocenters. The Labute approximate surface area is 147 Å². The number of carbonyl (C=O) groups is 1. The first kappa shape index (κ1) is 18.4. The van der Waals surface area contributed by atoms with Crippen molar-refractivity contribution >= 4 is 5.91 Å². The van der Waals surface area contributed by atoms with E-state index in [0.29, 0.717) is 30.1 Å². The summed E-state index contributed by atoms with van der Waals surface area (Å²) in [5, 5.41) is 2.69. The number of rotatable bonds is 6. The summed E-state index contributed by atoms with van der Waals surface area (Å²) in [5.74, 6) is -0.670. The molecule has 1 fully saturated rings. The number of aromatic nitrogens is 1. The molecule has 0 saturated carbocycles. The van der Waals surface area contributed by atoms with Crippen molar-refractivity contribution in [2.24, 2.45) is 5.92 Å². The summed E-state index contributed by atoms with van der Waals surface area (Å²) in [6.07, 6.45) is -2.36. The van der Waals surface area contributed by atoms with Gasteiger partial charge in [0.25, 0.3) is 0 Å². The lowest BCUT2D eigenvalue weighted by Gasteiger charge is -2.38. The first-order valence-electron chi connectivity index (χ1n) is 8.07. The van der Waals surface area contributed by atoms with E-state index in [-0.39, 0.29) is 24.8 Å². The van der Waals surface area contributed by atoms with Crippen LogP contribution in [0.4, 0.5) is 17.6 Å². The third-order valence-electron chi connectivity index (χ3n) is 4.05. The van der Waals surface area contributed by atoms with Gasteiger partial charge in [-0.25, -0.2) is 9.37 Å².